The van der Waals surface area contributed by atoms with E-state index in [0.29, 0.717) is 0 Å². The number of hydrogen-bond acceptors (Lipinski definition) is 2. The highest BCUT2D eigenvalue weighted by Gasteiger charge is 2.06. The second-order valence-electron chi connectivity index (χ2n) is 4.88. The van der Waals surface area contributed by atoms with Gasteiger partial charge in [-0.2, -0.15) is 0 Å². The fourth-order valence-corrected chi connectivity index (χ4v) is 2.02. The third kappa shape index (κ3) is 4.51. The zero-order valence-electron chi connectivity index (χ0n) is 11.3. The van der Waals surface area contributed by atoms with Gasteiger partial charge in [0.05, 0.1) is 6.10 Å². The topological polar surface area (TPSA) is 32.3 Å². The summed E-state index contributed by atoms with van der Waals surface area (Å²) in [7, 11) is 0. The van der Waals surface area contributed by atoms with Crippen molar-refractivity contribution in [1.29, 1.82) is 0 Å². The molecule has 100 valence electrons. The predicted octanol–water partition coefficient (Wildman–Crippen LogP) is 3.21. The van der Waals surface area contributed by atoms with Crippen LogP contribution in [0.1, 0.15) is 29.2 Å². The van der Waals surface area contributed by atoms with Crippen LogP contribution in [0.5, 0.6) is 0 Å². The highest BCUT2D eigenvalue weighted by atomic mass is 16.3. The molecule has 0 aliphatic carbocycles. The largest absolute Gasteiger partial charge is 0.388 e. The molecule has 0 fully saturated rings. The fourth-order valence-electron chi connectivity index (χ4n) is 2.02. The van der Waals surface area contributed by atoms with E-state index < -0.39 is 0 Å². The van der Waals surface area contributed by atoms with Gasteiger partial charge < -0.3 is 10.4 Å². The van der Waals surface area contributed by atoms with Gasteiger partial charge in [0.1, 0.15) is 0 Å². The number of hydrogen-bond donors (Lipinski definition) is 2. The molecule has 2 rings (SSSR count). The van der Waals surface area contributed by atoms with Gasteiger partial charge in [-0.1, -0.05) is 60.2 Å². The van der Waals surface area contributed by atoms with Crippen LogP contribution in [-0.4, -0.2) is 11.7 Å². The van der Waals surface area contributed by atoms with Crippen molar-refractivity contribution in [3.63, 3.8) is 0 Å². The molecule has 0 saturated carbocycles. The van der Waals surface area contributed by atoms with Crippen LogP contribution in [0.15, 0.2) is 54.6 Å². The molecule has 0 amide bonds. The minimum absolute atomic E-state index is 0.385. The Hall–Kier alpha value is -1.64. The number of aryl methyl sites for hydroxylation is 1. The first-order valence-electron chi connectivity index (χ1n) is 6.75. The summed E-state index contributed by atoms with van der Waals surface area (Å²) in [4.78, 5) is 0. The van der Waals surface area contributed by atoms with E-state index in [-0.39, 0.29) is 6.10 Å². The van der Waals surface area contributed by atoms with Crippen molar-refractivity contribution in [1.82, 2.24) is 5.32 Å². The van der Waals surface area contributed by atoms with Gasteiger partial charge in [-0.3, -0.25) is 0 Å². The Labute approximate surface area is 115 Å². The summed E-state index contributed by atoms with van der Waals surface area (Å²) in [6.07, 6.45) is 0.347. The number of aliphatic hydroxyl groups excluding tert-OH is 1. The molecule has 0 heterocycles. The molecule has 0 aliphatic heterocycles. The van der Waals surface area contributed by atoms with Crippen molar-refractivity contribution < 1.29 is 5.11 Å². The fraction of sp³-hybridized carbons (Fsp3) is 0.294. The maximum Gasteiger partial charge on any atom is 0.0802 e. The average molecular weight is 255 g/mol. The molecule has 2 N–H and O–H groups in total. The van der Waals surface area contributed by atoms with E-state index in [9.17, 15) is 5.11 Å². The van der Waals surface area contributed by atoms with Gasteiger partial charge >= 0.3 is 0 Å². The van der Waals surface area contributed by atoms with Gasteiger partial charge in [0.15, 0.2) is 0 Å². The summed E-state index contributed by atoms with van der Waals surface area (Å²) < 4.78 is 0. The van der Waals surface area contributed by atoms with Crippen LogP contribution in [0.25, 0.3) is 0 Å². The monoisotopic (exact) mass is 255 g/mol. The zero-order chi connectivity index (χ0) is 13.5. The molecule has 2 aromatic carbocycles. The van der Waals surface area contributed by atoms with Gasteiger partial charge in [-0.25, -0.2) is 0 Å². The molecule has 1 unspecified atom stereocenters. The molecule has 0 aliphatic rings. The molecule has 2 heteroatoms. The van der Waals surface area contributed by atoms with Gasteiger partial charge in [-0.05, 0) is 31.0 Å². The summed E-state index contributed by atoms with van der Waals surface area (Å²) in [5.74, 6) is 0. The Morgan fingerprint density at radius 3 is 2.37 bits per heavy atom. The summed E-state index contributed by atoms with van der Waals surface area (Å²) >= 11 is 0. The van der Waals surface area contributed by atoms with E-state index in [0.717, 1.165) is 25.1 Å². The molecule has 19 heavy (non-hydrogen) atoms. The standard InChI is InChI=1S/C17H21NO/c1-14-7-9-16(10-8-14)17(19)11-12-18-13-15-5-3-2-4-6-15/h2-10,17-19H,11-13H2,1H3. The van der Waals surface area contributed by atoms with Crippen molar-refractivity contribution in [3.05, 3.63) is 71.3 Å². The smallest absolute Gasteiger partial charge is 0.0802 e. The summed E-state index contributed by atoms with van der Waals surface area (Å²) in [6.45, 7) is 3.71. The zero-order valence-corrected chi connectivity index (χ0v) is 11.3. The maximum absolute atomic E-state index is 10.1. The Morgan fingerprint density at radius 1 is 1.00 bits per heavy atom. The molecule has 0 saturated heterocycles. The van der Waals surface area contributed by atoms with E-state index in [1.807, 2.05) is 42.5 Å². The van der Waals surface area contributed by atoms with Crippen LogP contribution in [0, 0.1) is 6.92 Å². The number of rotatable bonds is 6. The van der Waals surface area contributed by atoms with Gasteiger partial charge in [-0.15, -0.1) is 0 Å². The summed E-state index contributed by atoms with van der Waals surface area (Å²) in [6, 6.07) is 18.4. The third-order valence-electron chi connectivity index (χ3n) is 3.23. The average Bonchev–Trinajstić information content (AvgIpc) is 2.45. The highest BCUT2D eigenvalue weighted by Crippen LogP contribution is 2.16. The van der Waals surface area contributed by atoms with Gasteiger partial charge in [0.25, 0.3) is 0 Å². The van der Waals surface area contributed by atoms with E-state index in [4.69, 9.17) is 0 Å². The number of aliphatic hydroxyl groups is 1. The number of benzene rings is 2. The van der Waals surface area contributed by atoms with E-state index in [2.05, 4.69) is 24.4 Å². The molecule has 0 bridgehead atoms. The van der Waals surface area contributed by atoms with Crippen molar-refractivity contribution in [3.8, 4) is 0 Å². The minimum Gasteiger partial charge on any atom is -0.388 e. The molecule has 0 aromatic heterocycles. The van der Waals surface area contributed by atoms with Crippen LogP contribution < -0.4 is 5.32 Å². The predicted molar refractivity (Wildman–Crippen MR) is 78.9 cm³/mol. The second kappa shape index (κ2) is 7.07. The van der Waals surface area contributed by atoms with Crippen molar-refractivity contribution in [2.45, 2.75) is 26.0 Å². The SMILES string of the molecule is Cc1ccc(C(O)CCNCc2ccccc2)cc1. The lowest BCUT2D eigenvalue weighted by Crippen LogP contribution is -2.17. The molecule has 0 radical (unpaired) electrons. The van der Waals surface area contributed by atoms with Crippen LogP contribution in [0.4, 0.5) is 0 Å². The second-order valence-corrected chi connectivity index (χ2v) is 4.88. The molecule has 0 spiro atoms. The van der Waals surface area contributed by atoms with Crippen molar-refractivity contribution in [2.75, 3.05) is 6.54 Å². The molecular weight excluding hydrogens is 234 g/mol. The van der Waals surface area contributed by atoms with Crippen molar-refractivity contribution >= 4 is 0 Å². The summed E-state index contributed by atoms with van der Waals surface area (Å²) in [5.41, 5.74) is 3.48. The van der Waals surface area contributed by atoms with Crippen molar-refractivity contribution in [2.24, 2.45) is 0 Å². The molecule has 1 atom stereocenters. The van der Waals surface area contributed by atoms with Crippen LogP contribution in [-0.2, 0) is 6.54 Å². The molecular formula is C17H21NO. The lowest BCUT2D eigenvalue weighted by atomic mass is 10.1. The quantitative estimate of drug-likeness (QED) is 0.777. The third-order valence-corrected chi connectivity index (χ3v) is 3.23. The lowest BCUT2D eigenvalue weighted by Gasteiger charge is -2.12. The first kappa shape index (κ1) is 13.8. The van der Waals surface area contributed by atoms with E-state index in [1.165, 1.54) is 11.1 Å². The minimum atomic E-state index is -0.385. The lowest BCUT2D eigenvalue weighted by molar-refractivity contribution is 0.166. The normalized spacial score (nSPS) is 12.3. The van der Waals surface area contributed by atoms with E-state index in [1.54, 1.807) is 0 Å². The van der Waals surface area contributed by atoms with E-state index >= 15 is 0 Å². The van der Waals surface area contributed by atoms with Crippen LogP contribution in [0.3, 0.4) is 0 Å². The maximum atomic E-state index is 10.1. The molecule has 2 nitrogen and oxygen atoms in total. The molecule has 2 aromatic rings. The Morgan fingerprint density at radius 2 is 1.68 bits per heavy atom. The van der Waals surface area contributed by atoms with Gasteiger partial charge in [0.2, 0.25) is 0 Å². The summed E-state index contributed by atoms with van der Waals surface area (Å²) in [5, 5.41) is 13.4. The first-order chi connectivity index (χ1) is 9.25. The Balaban J connectivity index is 1.72. The highest BCUT2D eigenvalue weighted by molar-refractivity contribution is 5.23. The van der Waals surface area contributed by atoms with Gasteiger partial charge in [0, 0.05) is 6.54 Å². The Kier molecular flexibility index (Phi) is 5.13. The Bertz CT molecular complexity index is 478. The van der Waals surface area contributed by atoms with Crippen LogP contribution in [0.2, 0.25) is 0 Å². The number of nitrogens with one attached hydrogen (secondary N) is 1. The van der Waals surface area contributed by atoms with Crippen LogP contribution >= 0.6 is 0 Å². The first-order valence-corrected chi connectivity index (χ1v) is 6.75.